The maximum absolute atomic E-state index is 5.43. The number of nitrogens with one attached hydrogen (secondary N) is 1. The van der Waals surface area contributed by atoms with E-state index >= 15 is 0 Å². The summed E-state index contributed by atoms with van der Waals surface area (Å²) in [7, 11) is 1.83. The Balaban J connectivity index is 4.35. The lowest BCUT2D eigenvalue weighted by atomic mass is 10.2. The molecule has 0 heterocycles. The van der Waals surface area contributed by atoms with Crippen LogP contribution < -0.4 is 11.1 Å². The van der Waals surface area contributed by atoms with Gasteiger partial charge in [-0.05, 0) is 13.8 Å². The van der Waals surface area contributed by atoms with E-state index in [9.17, 15) is 0 Å². The van der Waals surface area contributed by atoms with Crippen LogP contribution in [0.1, 0.15) is 13.8 Å². The van der Waals surface area contributed by atoms with Gasteiger partial charge in [-0.1, -0.05) is 12.2 Å². The molecular weight excluding hydrogens is 112 g/mol. The van der Waals surface area contributed by atoms with E-state index < -0.39 is 0 Å². The standard InChI is InChI=1S/C7H14N2/c1-5(2)7(9-4)6(3)8/h9H,3,8H2,1-2,4H3. The Morgan fingerprint density at radius 1 is 1.44 bits per heavy atom. The quantitative estimate of drug-likeness (QED) is 0.541. The van der Waals surface area contributed by atoms with Crippen molar-refractivity contribution in [3.63, 3.8) is 0 Å². The zero-order chi connectivity index (χ0) is 7.44. The fraction of sp³-hybridized carbons (Fsp3) is 0.429. The van der Waals surface area contributed by atoms with E-state index in [4.69, 9.17) is 5.73 Å². The molecule has 52 valence electrons. The highest BCUT2D eigenvalue weighted by Crippen LogP contribution is 2.02. The zero-order valence-corrected chi connectivity index (χ0v) is 6.28. The van der Waals surface area contributed by atoms with Gasteiger partial charge < -0.3 is 11.1 Å². The third kappa shape index (κ3) is 2.22. The van der Waals surface area contributed by atoms with Gasteiger partial charge in [0.05, 0.1) is 5.70 Å². The monoisotopic (exact) mass is 126 g/mol. The minimum atomic E-state index is 0.595. The third-order valence-electron chi connectivity index (χ3n) is 1.07. The Bertz CT molecular complexity index is 141. The molecule has 0 saturated heterocycles. The third-order valence-corrected chi connectivity index (χ3v) is 1.07. The summed E-state index contributed by atoms with van der Waals surface area (Å²) >= 11 is 0. The van der Waals surface area contributed by atoms with Crippen LogP contribution in [0.25, 0.3) is 0 Å². The van der Waals surface area contributed by atoms with Crippen LogP contribution in [0.5, 0.6) is 0 Å². The first-order valence-electron chi connectivity index (χ1n) is 2.89. The number of nitrogens with two attached hydrogens (primary N) is 1. The summed E-state index contributed by atoms with van der Waals surface area (Å²) in [6.45, 7) is 7.58. The van der Waals surface area contributed by atoms with Gasteiger partial charge in [0, 0.05) is 12.7 Å². The number of likely N-dealkylation sites (N-methyl/N-ethyl adjacent to an activating group) is 1. The molecule has 0 aromatic rings. The van der Waals surface area contributed by atoms with Gasteiger partial charge in [0.2, 0.25) is 0 Å². The van der Waals surface area contributed by atoms with Gasteiger partial charge in [-0.3, -0.25) is 0 Å². The summed E-state index contributed by atoms with van der Waals surface area (Å²) in [5.41, 5.74) is 8.13. The first-order chi connectivity index (χ1) is 4.09. The van der Waals surface area contributed by atoms with Crippen LogP contribution in [-0.4, -0.2) is 7.05 Å². The average molecular weight is 126 g/mol. The first kappa shape index (κ1) is 8.08. The predicted molar refractivity (Wildman–Crippen MR) is 40.8 cm³/mol. The average Bonchev–Trinajstić information content (AvgIpc) is 1.64. The summed E-state index contributed by atoms with van der Waals surface area (Å²) in [5, 5.41) is 2.96. The maximum Gasteiger partial charge on any atom is 0.0551 e. The molecular formula is C7H14N2. The van der Waals surface area contributed by atoms with Crippen LogP contribution >= 0.6 is 0 Å². The van der Waals surface area contributed by atoms with Crippen molar-refractivity contribution in [2.75, 3.05) is 7.05 Å². The first-order valence-corrected chi connectivity index (χ1v) is 2.89. The zero-order valence-electron chi connectivity index (χ0n) is 6.28. The summed E-state index contributed by atoms with van der Waals surface area (Å²) < 4.78 is 0. The van der Waals surface area contributed by atoms with E-state index in [0.29, 0.717) is 5.70 Å². The Hall–Kier alpha value is -0.920. The second-order valence-corrected chi connectivity index (χ2v) is 2.15. The molecule has 0 rings (SSSR count). The number of rotatable bonds is 2. The van der Waals surface area contributed by atoms with Crippen molar-refractivity contribution in [1.29, 1.82) is 0 Å². The van der Waals surface area contributed by atoms with Crippen LogP contribution in [-0.2, 0) is 0 Å². The molecule has 2 nitrogen and oxygen atoms in total. The molecule has 0 aromatic carbocycles. The van der Waals surface area contributed by atoms with Crippen molar-refractivity contribution < 1.29 is 0 Å². The molecule has 0 aliphatic rings. The van der Waals surface area contributed by atoms with Crippen molar-refractivity contribution in [2.24, 2.45) is 5.73 Å². The second kappa shape index (κ2) is 3.17. The SMILES string of the molecule is C=C(N)C(NC)=C(C)C. The van der Waals surface area contributed by atoms with Crippen molar-refractivity contribution in [2.45, 2.75) is 13.8 Å². The normalized spacial score (nSPS) is 8.33. The molecule has 0 bridgehead atoms. The van der Waals surface area contributed by atoms with Crippen LogP contribution in [0, 0.1) is 0 Å². The Morgan fingerprint density at radius 2 is 1.89 bits per heavy atom. The van der Waals surface area contributed by atoms with Gasteiger partial charge in [0.1, 0.15) is 0 Å². The lowest BCUT2D eigenvalue weighted by molar-refractivity contribution is 0.961. The molecule has 0 spiro atoms. The molecule has 0 aromatic heterocycles. The minimum absolute atomic E-state index is 0.595. The van der Waals surface area contributed by atoms with Crippen LogP contribution in [0.3, 0.4) is 0 Å². The van der Waals surface area contributed by atoms with Crippen molar-refractivity contribution in [3.8, 4) is 0 Å². The Labute approximate surface area is 56.4 Å². The van der Waals surface area contributed by atoms with Crippen molar-refractivity contribution in [3.05, 3.63) is 23.5 Å². The number of allylic oxidation sites excluding steroid dienone is 1. The molecule has 0 amide bonds. The van der Waals surface area contributed by atoms with Gasteiger partial charge in [0.15, 0.2) is 0 Å². The lowest BCUT2D eigenvalue weighted by Gasteiger charge is -2.06. The smallest absolute Gasteiger partial charge is 0.0551 e. The van der Waals surface area contributed by atoms with E-state index in [-0.39, 0.29) is 0 Å². The molecule has 0 radical (unpaired) electrons. The second-order valence-electron chi connectivity index (χ2n) is 2.15. The highest BCUT2D eigenvalue weighted by molar-refractivity contribution is 5.26. The molecule has 0 saturated carbocycles. The summed E-state index contributed by atoms with van der Waals surface area (Å²) in [4.78, 5) is 0. The summed E-state index contributed by atoms with van der Waals surface area (Å²) in [6.07, 6.45) is 0. The van der Waals surface area contributed by atoms with Gasteiger partial charge in [-0.25, -0.2) is 0 Å². The Morgan fingerprint density at radius 3 is 1.89 bits per heavy atom. The van der Waals surface area contributed by atoms with E-state index in [1.807, 2.05) is 20.9 Å². The lowest BCUT2D eigenvalue weighted by Crippen LogP contribution is -2.14. The largest absolute Gasteiger partial charge is 0.398 e. The van der Waals surface area contributed by atoms with Crippen LogP contribution in [0.4, 0.5) is 0 Å². The molecule has 2 heteroatoms. The molecule has 0 unspecified atom stereocenters. The highest BCUT2D eigenvalue weighted by atomic mass is 14.9. The molecule has 0 fully saturated rings. The highest BCUT2D eigenvalue weighted by Gasteiger charge is 1.94. The molecule has 3 N–H and O–H groups in total. The van der Waals surface area contributed by atoms with E-state index in [1.165, 1.54) is 0 Å². The molecule has 0 aliphatic heterocycles. The van der Waals surface area contributed by atoms with Crippen LogP contribution in [0.2, 0.25) is 0 Å². The van der Waals surface area contributed by atoms with Gasteiger partial charge in [-0.15, -0.1) is 0 Å². The molecule has 0 aliphatic carbocycles. The fourth-order valence-corrected chi connectivity index (χ4v) is 0.732. The summed E-state index contributed by atoms with van der Waals surface area (Å²) in [6, 6.07) is 0. The van der Waals surface area contributed by atoms with Gasteiger partial charge in [0.25, 0.3) is 0 Å². The predicted octanol–water partition coefficient (Wildman–Crippen LogP) is 0.972. The maximum atomic E-state index is 5.43. The molecule has 0 atom stereocenters. The van der Waals surface area contributed by atoms with Gasteiger partial charge >= 0.3 is 0 Å². The summed E-state index contributed by atoms with van der Waals surface area (Å²) in [5.74, 6) is 0. The number of hydrogen-bond acceptors (Lipinski definition) is 2. The Kier molecular flexibility index (Phi) is 2.85. The van der Waals surface area contributed by atoms with Crippen molar-refractivity contribution in [1.82, 2.24) is 5.32 Å². The van der Waals surface area contributed by atoms with Gasteiger partial charge in [-0.2, -0.15) is 0 Å². The molecule has 9 heavy (non-hydrogen) atoms. The van der Waals surface area contributed by atoms with Crippen molar-refractivity contribution >= 4 is 0 Å². The fourth-order valence-electron chi connectivity index (χ4n) is 0.732. The number of hydrogen-bond donors (Lipinski definition) is 2. The van der Waals surface area contributed by atoms with Crippen LogP contribution in [0.15, 0.2) is 23.5 Å². The van der Waals surface area contributed by atoms with E-state index in [0.717, 1.165) is 11.3 Å². The van der Waals surface area contributed by atoms with E-state index in [2.05, 4.69) is 11.9 Å². The minimum Gasteiger partial charge on any atom is -0.398 e. The topological polar surface area (TPSA) is 38.0 Å². The van der Waals surface area contributed by atoms with E-state index in [1.54, 1.807) is 0 Å².